The molecule has 2 aromatic carbocycles. The molecule has 0 bridgehead atoms. The number of carbonyl (C=O) groups is 2. The van der Waals surface area contributed by atoms with E-state index in [1.165, 1.54) is 18.2 Å². The molecule has 0 spiro atoms. The molecular weight excluding hydrogens is 309 g/mol. The Hall–Kier alpha value is -2.73. The number of nitrogens with zero attached hydrogens (tertiary/aromatic N) is 1. The average Bonchev–Trinajstić information content (AvgIpc) is 2.49. The second-order valence-electron chi connectivity index (χ2n) is 5.65. The van der Waals surface area contributed by atoms with Crippen molar-refractivity contribution in [2.75, 3.05) is 30.8 Å². The smallest absolute Gasteiger partial charge is 0.238 e. The molecule has 2 amide bonds. The van der Waals surface area contributed by atoms with Crippen LogP contribution in [-0.2, 0) is 9.59 Å². The molecule has 0 aromatic heterocycles. The second-order valence-corrected chi connectivity index (χ2v) is 5.65. The topological polar surface area (TPSA) is 61.4 Å². The summed E-state index contributed by atoms with van der Waals surface area (Å²) < 4.78 is 13.1. The van der Waals surface area contributed by atoms with Crippen LogP contribution in [0.25, 0.3) is 0 Å². The molecule has 24 heavy (non-hydrogen) atoms. The predicted octanol–water partition coefficient (Wildman–Crippen LogP) is 2.64. The molecule has 0 atom stereocenters. The Morgan fingerprint density at radius 2 is 1.54 bits per heavy atom. The first-order chi connectivity index (χ1) is 11.4. The zero-order chi connectivity index (χ0) is 17.5. The number of rotatable bonds is 6. The summed E-state index contributed by atoms with van der Waals surface area (Å²) in [5.41, 5.74) is 2.21. The van der Waals surface area contributed by atoms with Crippen molar-refractivity contribution < 1.29 is 14.0 Å². The van der Waals surface area contributed by atoms with Gasteiger partial charge in [-0.3, -0.25) is 14.5 Å². The van der Waals surface area contributed by atoms with Gasteiger partial charge in [-0.1, -0.05) is 23.8 Å². The van der Waals surface area contributed by atoms with E-state index in [-0.39, 0.29) is 24.9 Å². The number of aryl methyl sites for hydroxylation is 1. The highest BCUT2D eigenvalue weighted by atomic mass is 19.1. The van der Waals surface area contributed by atoms with Gasteiger partial charge < -0.3 is 10.6 Å². The van der Waals surface area contributed by atoms with Crippen LogP contribution in [0.15, 0.2) is 48.5 Å². The number of amides is 2. The summed E-state index contributed by atoms with van der Waals surface area (Å²) in [5, 5.41) is 5.36. The van der Waals surface area contributed by atoms with E-state index in [9.17, 15) is 14.0 Å². The van der Waals surface area contributed by atoms with Crippen molar-refractivity contribution in [2.24, 2.45) is 0 Å². The molecule has 2 aromatic rings. The van der Waals surface area contributed by atoms with E-state index >= 15 is 0 Å². The average molecular weight is 329 g/mol. The molecule has 0 unspecified atom stereocenters. The molecule has 2 rings (SSSR count). The van der Waals surface area contributed by atoms with Crippen LogP contribution in [0.3, 0.4) is 0 Å². The Balaban J connectivity index is 1.79. The lowest BCUT2D eigenvalue weighted by atomic mass is 10.2. The first-order valence-corrected chi connectivity index (χ1v) is 7.53. The van der Waals surface area contributed by atoms with Crippen LogP contribution in [0, 0.1) is 12.7 Å². The summed E-state index contributed by atoms with van der Waals surface area (Å²) in [6, 6.07) is 13.1. The fraction of sp³-hybridized carbons (Fsp3) is 0.222. The number of likely N-dealkylation sites (N-methyl/N-ethyl adjacent to an activating group) is 1. The van der Waals surface area contributed by atoms with E-state index in [0.717, 1.165) is 5.56 Å². The van der Waals surface area contributed by atoms with E-state index in [1.807, 2.05) is 31.2 Å². The van der Waals surface area contributed by atoms with Crippen molar-refractivity contribution in [3.05, 3.63) is 59.9 Å². The molecule has 0 aliphatic heterocycles. The Bertz CT molecular complexity index is 716. The molecule has 0 saturated heterocycles. The van der Waals surface area contributed by atoms with Gasteiger partial charge in [0.1, 0.15) is 5.82 Å². The fourth-order valence-electron chi connectivity index (χ4n) is 2.15. The number of anilines is 2. The van der Waals surface area contributed by atoms with Crippen LogP contribution >= 0.6 is 0 Å². The zero-order valence-electron chi connectivity index (χ0n) is 13.7. The van der Waals surface area contributed by atoms with Crippen LogP contribution in [0.1, 0.15) is 5.56 Å². The van der Waals surface area contributed by atoms with Crippen LogP contribution in [0.4, 0.5) is 15.8 Å². The standard InChI is InChI=1S/C18H20FN3O2/c1-13-6-8-15(9-7-13)20-17(23)11-22(2)12-18(24)21-16-5-3-4-14(19)10-16/h3-10H,11-12H2,1-2H3,(H,20,23)(H,21,24). The number of hydrogen-bond donors (Lipinski definition) is 2. The minimum atomic E-state index is -0.418. The summed E-state index contributed by atoms with van der Waals surface area (Å²) in [6.45, 7) is 2.07. The van der Waals surface area contributed by atoms with Gasteiger partial charge in [-0.25, -0.2) is 4.39 Å². The Morgan fingerprint density at radius 3 is 2.12 bits per heavy atom. The summed E-state index contributed by atoms with van der Waals surface area (Å²) in [6.07, 6.45) is 0. The van der Waals surface area contributed by atoms with Gasteiger partial charge in [0.05, 0.1) is 13.1 Å². The van der Waals surface area contributed by atoms with E-state index < -0.39 is 5.82 Å². The number of halogens is 1. The first-order valence-electron chi connectivity index (χ1n) is 7.53. The minimum Gasteiger partial charge on any atom is -0.325 e. The monoisotopic (exact) mass is 329 g/mol. The second kappa shape index (κ2) is 8.21. The lowest BCUT2D eigenvalue weighted by molar-refractivity contribution is -0.119. The molecule has 0 aliphatic rings. The normalized spacial score (nSPS) is 10.5. The summed E-state index contributed by atoms with van der Waals surface area (Å²) >= 11 is 0. The highest BCUT2D eigenvalue weighted by molar-refractivity contribution is 5.94. The lowest BCUT2D eigenvalue weighted by Crippen LogP contribution is -2.36. The van der Waals surface area contributed by atoms with Gasteiger partial charge in [-0.2, -0.15) is 0 Å². The van der Waals surface area contributed by atoms with Crippen molar-refractivity contribution in [1.82, 2.24) is 4.90 Å². The third kappa shape index (κ3) is 5.81. The van der Waals surface area contributed by atoms with Crippen molar-refractivity contribution in [3.8, 4) is 0 Å². The number of carbonyl (C=O) groups excluding carboxylic acids is 2. The molecule has 126 valence electrons. The SMILES string of the molecule is Cc1ccc(NC(=O)CN(C)CC(=O)Nc2cccc(F)c2)cc1. The third-order valence-corrected chi connectivity index (χ3v) is 3.27. The molecule has 2 N–H and O–H groups in total. The lowest BCUT2D eigenvalue weighted by Gasteiger charge is -2.16. The van der Waals surface area contributed by atoms with E-state index in [4.69, 9.17) is 0 Å². The van der Waals surface area contributed by atoms with Gasteiger partial charge in [0, 0.05) is 11.4 Å². The molecule has 0 fully saturated rings. The van der Waals surface area contributed by atoms with Crippen molar-refractivity contribution in [2.45, 2.75) is 6.92 Å². The molecule has 0 radical (unpaired) electrons. The molecular formula is C18H20FN3O2. The van der Waals surface area contributed by atoms with Gasteiger partial charge in [-0.15, -0.1) is 0 Å². The fourth-order valence-corrected chi connectivity index (χ4v) is 2.15. The molecule has 6 heteroatoms. The number of nitrogens with one attached hydrogen (secondary N) is 2. The summed E-state index contributed by atoms with van der Waals surface area (Å²) in [4.78, 5) is 25.4. The maximum Gasteiger partial charge on any atom is 0.238 e. The van der Waals surface area contributed by atoms with Crippen LogP contribution in [0.2, 0.25) is 0 Å². The van der Waals surface area contributed by atoms with Gasteiger partial charge in [-0.05, 0) is 44.3 Å². The van der Waals surface area contributed by atoms with E-state index in [2.05, 4.69) is 10.6 Å². The van der Waals surface area contributed by atoms with Crippen LogP contribution in [0.5, 0.6) is 0 Å². The Morgan fingerprint density at radius 1 is 0.958 bits per heavy atom. The number of hydrogen-bond acceptors (Lipinski definition) is 3. The maximum absolute atomic E-state index is 13.1. The van der Waals surface area contributed by atoms with Crippen LogP contribution < -0.4 is 10.6 Å². The largest absolute Gasteiger partial charge is 0.325 e. The zero-order valence-corrected chi connectivity index (χ0v) is 13.7. The van der Waals surface area contributed by atoms with Gasteiger partial charge in [0.15, 0.2) is 0 Å². The number of benzene rings is 2. The minimum absolute atomic E-state index is 0.0256. The maximum atomic E-state index is 13.1. The van der Waals surface area contributed by atoms with E-state index in [0.29, 0.717) is 11.4 Å². The first kappa shape index (κ1) is 17.6. The van der Waals surface area contributed by atoms with Crippen molar-refractivity contribution >= 4 is 23.2 Å². The quantitative estimate of drug-likeness (QED) is 0.856. The van der Waals surface area contributed by atoms with Crippen molar-refractivity contribution in [3.63, 3.8) is 0 Å². The van der Waals surface area contributed by atoms with Gasteiger partial charge in [0.2, 0.25) is 11.8 Å². The highest BCUT2D eigenvalue weighted by Gasteiger charge is 2.11. The highest BCUT2D eigenvalue weighted by Crippen LogP contribution is 2.10. The molecule has 5 nitrogen and oxygen atoms in total. The summed E-state index contributed by atoms with van der Waals surface area (Å²) in [5.74, 6) is -0.940. The Labute approximate surface area is 140 Å². The third-order valence-electron chi connectivity index (χ3n) is 3.27. The molecule has 0 saturated carbocycles. The van der Waals surface area contributed by atoms with Gasteiger partial charge >= 0.3 is 0 Å². The molecule has 0 aliphatic carbocycles. The van der Waals surface area contributed by atoms with Crippen molar-refractivity contribution in [1.29, 1.82) is 0 Å². The van der Waals surface area contributed by atoms with E-state index in [1.54, 1.807) is 18.0 Å². The summed E-state index contributed by atoms with van der Waals surface area (Å²) in [7, 11) is 1.67. The predicted molar refractivity (Wildman–Crippen MR) is 92.3 cm³/mol. The van der Waals surface area contributed by atoms with Gasteiger partial charge in [0.25, 0.3) is 0 Å². The molecule has 0 heterocycles. The van der Waals surface area contributed by atoms with Crippen LogP contribution in [-0.4, -0.2) is 36.9 Å². The Kier molecular flexibility index (Phi) is 6.03.